The molecule has 6 rings (SSSR count). The third-order valence-corrected chi connectivity index (χ3v) is 9.53. The maximum absolute atomic E-state index is 13.5. The lowest BCUT2D eigenvalue weighted by Crippen LogP contribution is -2.48. The van der Waals surface area contributed by atoms with Crippen molar-refractivity contribution in [1.82, 2.24) is 9.80 Å². The summed E-state index contributed by atoms with van der Waals surface area (Å²) in [4.78, 5) is 45.4. The first-order valence-corrected chi connectivity index (χ1v) is 16.9. The molecule has 48 heavy (non-hydrogen) atoms. The molecule has 0 spiro atoms. The van der Waals surface area contributed by atoms with Crippen molar-refractivity contribution in [2.24, 2.45) is 0 Å². The summed E-state index contributed by atoms with van der Waals surface area (Å²) in [7, 11) is 1.72. The molecule has 9 heteroatoms. The van der Waals surface area contributed by atoms with Crippen molar-refractivity contribution in [3.05, 3.63) is 113 Å². The van der Waals surface area contributed by atoms with E-state index in [9.17, 15) is 14.4 Å². The Morgan fingerprint density at radius 3 is 2.21 bits per heavy atom. The third-order valence-electron chi connectivity index (χ3n) is 9.53. The van der Waals surface area contributed by atoms with Crippen LogP contribution in [0.15, 0.2) is 83.5 Å². The number of amides is 3. The minimum absolute atomic E-state index is 0.0872. The number of hydrogen-bond donors (Lipinski definition) is 1. The van der Waals surface area contributed by atoms with Crippen LogP contribution in [-0.4, -0.2) is 66.8 Å². The van der Waals surface area contributed by atoms with E-state index in [0.29, 0.717) is 52.2 Å². The molecule has 4 aromatic rings. The van der Waals surface area contributed by atoms with Crippen LogP contribution in [-0.2, 0) is 6.61 Å². The molecule has 0 bridgehead atoms. The first-order chi connectivity index (χ1) is 23.3. The third kappa shape index (κ3) is 7.63. The molecule has 0 saturated carbocycles. The van der Waals surface area contributed by atoms with Gasteiger partial charge in [0.2, 0.25) is 0 Å². The number of anilines is 2. The molecule has 9 nitrogen and oxygen atoms in total. The van der Waals surface area contributed by atoms with Gasteiger partial charge in [-0.3, -0.25) is 14.4 Å². The maximum Gasteiger partial charge on any atom is 0.259 e. The van der Waals surface area contributed by atoms with E-state index < -0.39 is 0 Å². The Balaban J connectivity index is 1.05. The van der Waals surface area contributed by atoms with Gasteiger partial charge in [-0.2, -0.15) is 0 Å². The first kappa shape index (κ1) is 33.0. The van der Waals surface area contributed by atoms with Gasteiger partial charge < -0.3 is 29.2 Å². The minimum Gasteiger partial charge on any atom is -0.487 e. The van der Waals surface area contributed by atoms with Gasteiger partial charge in [0.25, 0.3) is 17.7 Å². The van der Waals surface area contributed by atoms with Gasteiger partial charge in [-0.15, -0.1) is 0 Å². The molecule has 2 fully saturated rings. The number of likely N-dealkylation sites (tertiary alicyclic amines) is 2. The second-order valence-electron chi connectivity index (χ2n) is 12.9. The van der Waals surface area contributed by atoms with E-state index in [2.05, 4.69) is 10.2 Å². The van der Waals surface area contributed by atoms with Gasteiger partial charge in [0, 0.05) is 43.0 Å². The number of carbonyl (C=O) groups is 3. The summed E-state index contributed by atoms with van der Waals surface area (Å²) in [5.41, 5.74) is 4.77. The number of benzene rings is 3. The zero-order valence-corrected chi connectivity index (χ0v) is 28.0. The zero-order valence-electron chi connectivity index (χ0n) is 28.0. The van der Waals surface area contributed by atoms with Crippen molar-refractivity contribution >= 4 is 29.1 Å². The Morgan fingerprint density at radius 1 is 0.854 bits per heavy atom. The number of piperidine rings is 2. The molecular weight excluding hydrogens is 604 g/mol. The van der Waals surface area contributed by atoms with Gasteiger partial charge >= 0.3 is 0 Å². The largest absolute Gasteiger partial charge is 0.487 e. The van der Waals surface area contributed by atoms with Crippen molar-refractivity contribution < 1.29 is 23.5 Å². The lowest BCUT2D eigenvalue weighted by atomic mass is 9.99. The first-order valence-electron chi connectivity index (χ1n) is 16.9. The van der Waals surface area contributed by atoms with Gasteiger partial charge in [-0.1, -0.05) is 24.6 Å². The second kappa shape index (κ2) is 14.9. The van der Waals surface area contributed by atoms with Gasteiger partial charge in [0.1, 0.15) is 18.1 Å². The molecule has 0 radical (unpaired) electrons. The van der Waals surface area contributed by atoms with E-state index in [4.69, 9.17) is 9.15 Å². The molecule has 3 amide bonds. The molecule has 250 valence electrons. The summed E-state index contributed by atoms with van der Waals surface area (Å²) in [6.45, 7) is 8.00. The fourth-order valence-corrected chi connectivity index (χ4v) is 6.64. The topological polar surface area (TPSA) is 95.3 Å². The highest BCUT2D eigenvalue weighted by molar-refractivity contribution is 6.08. The molecule has 2 aliphatic rings. The molecule has 0 atom stereocenters. The van der Waals surface area contributed by atoms with Crippen LogP contribution in [0.3, 0.4) is 0 Å². The van der Waals surface area contributed by atoms with Gasteiger partial charge in [0.05, 0.1) is 17.5 Å². The van der Waals surface area contributed by atoms with E-state index in [1.54, 1.807) is 49.2 Å². The molecular formula is C39H44N4O5. The summed E-state index contributed by atoms with van der Waals surface area (Å²) in [5, 5.41) is 2.83. The molecule has 2 saturated heterocycles. The van der Waals surface area contributed by atoms with Crippen LogP contribution in [0.5, 0.6) is 5.75 Å². The summed E-state index contributed by atoms with van der Waals surface area (Å²) in [6, 6.07) is 22.4. The van der Waals surface area contributed by atoms with Crippen LogP contribution >= 0.6 is 0 Å². The van der Waals surface area contributed by atoms with Gasteiger partial charge in [-0.05, 0) is 118 Å². The van der Waals surface area contributed by atoms with E-state index in [1.807, 2.05) is 54.3 Å². The number of aryl methyl sites for hydroxylation is 2. The van der Waals surface area contributed by atoms with Crippen LogP contribution in [0.2, 0.25) is 0 Å². The van der Waals surface area contributed by atoms with Crippen molar-refractivity contribution in [3.8, 4) is 5.75 Å². The Hall–Kier alpha value is -4.89. The van der Waals surface area contributed by atoms with E-state index in [-0.39, 0.29) is 17.7 Å². The van der Waals surface area contributed by atoms with Crippen LogP contribution in [0, 0.1) is 13.8 Å². The highest BCUT2D eigenvalue weighted by atomic mass is 16.5. The molecule has 3 heterocycles. The fourth-order valence-electron chi connectivity index (χ4n) is 6.64. The Kier molecular flexibility index (Phi) is 10.3. The van der Waals surface area contributed by atoms with Crippen molar-refractivity contribution in [3.63, 3.8) is 0 Å². The summed E-state index contributed by atoms with van der Waals surface area (Å²) in [5.74, 6) is 0.725. The predicted octanol–water partition coefficient (Wildman–Crippen LogP) is 7.09. The number of furan rings is 1. The standard InChI is InChI=1S/C39H44N4O5/c1-27-7-16-35(41(3)38(45)30-12-14-32(15-13-30)40-37(44)34-19-24-47-28(34)2)36(25-27)48-26-29-8-10-31(11-9-29)39(46)43-22-17-33(18-23-43)42-20-5-4-6-21-42/h7-16,19,24-25,33H,4-6,17-18,20-23,26H2,1-3H3,(H,40,44). The molecule has 1 aromatic heterocycles. The Labute approximate surface area is 282 Å². The monoisotopic (exact) mass is 648 g/mol. The average molecular weight is 649 g/mol. The molecule has 0 unspecified atom stereocenters. The highest BCUT2D eigenvalue weighted by Crippen LogP contribution is 2.31. The summed E-state index contributed by atoms with van der Waals surface area (Å²) in [6.07, 6.45) is 7.49. The van der Waals surface area contributed by atoms with Crippen LogP contribution in [0.1, 0.15) is 80.1 Å². The molecule has 0 aliphatic carbocycles. The minimum atomic E-state index is -0.275. The average Bonchev–Trinajstić information content (AvgIpc) is 3.56. The number of hydrogen-bond acceptors (Lipinski definition) is 6. The molecule has 1 N–H and O–H groups in total. The number of ether oxygens (including phenoxy) is 1. The normalized spacial score (nSPS) is 15.6. The number of rotatable bonds is 9. The van der Waals surface area contributed by atoms with Crippen molar-refractivity contribution in [1.29, 1.82) is 0 Å². The van der Waals surface area contributed by atoms with E-state index in [1.165, 1.54) is 38.6 Å². The van der Waals surface area contributed by atoms with Gasteiger partial charge in [-0.25, -0.2) is 0 Å². The number of carbonyl (C=O) groups excluding carboxylic acids is 3. The molecule has 3 aromatic carbocycles. The van der Waals surface area contributed by atoms with E-state index >= 15 is 0 Å². The summed E-state index contributed by atoms with van der Waals surface area (Å²) < 4.78 is 11.5. The number of nitrogens with zero attached hydrogens (tertiary/aromatic N) is 3. The quantitative estimate of drug-likeness (QED) is 0.208. The second-order valence-corrected chi connectivity index (χ2v) is 12.9. The smallest absolute Gasteiger partial charge is 0.259 e. The van der Waals surface area contributed by atoms with Crippen LogP contribution in [0.25, 0.3) is 0 Å². The van der Waals surface area contributed by atoms with Gasteiger partial charge in [0.15, 0.2) is 0 Å². The van der Waals surface area contributed by atoms with Crippen LogP contribution < -0.4 is 15.0 Å². The van der Waals surface area contributed by atoms with Crippen molar-refractivity contribution in [2.45, 2.75) is 58.6 Å². The zero-order chi connectivity index (χ0) is 33.6. The summed E-state index contributed by atoms with van der Waals surface area (Å²) >= 11 is 0. The maximum atomic E-state index is 13.5. The fraction of sp³-hybridized carbons (Fsp3) is 0.359. The Bertz CT molecular complexity index is 1730. The Morgan fingerprint density at radius 2 is 1.54 bits per heavy atom. The predicted molar refractivity (Wildman–Crippen MR) is 187 cm³/mol. The van der Waals surface area contributed by atoms with Crippen molar-refractivity contribution in [2.75, 3.05) is 43.4 Å². The lowest BCUT2D eigenvalue weighted by molar-refractivity contribution is 0.0589. The lowest BCUT2D eigenvalue weighted by Gasteiger charge is -2.40. The van der Waals surface area contributed by atoms with E-state index in [0.717, 1.165) is 37.1 Å². The SMILES string of the molecule is Cc1ccc(N(C)C(=O)c2ccc(NC(=O)c3ccoc3C)cc2)c(OCc2ccc(C(=O)N3CCC(N4CCCCC4)CC3)cc2)c1. The highest BCUT2D eigenvalue weighted by Gasteiger charge is 2.28. The molecule has 2 aliphatic heterocycles. The number of nitrogens with one attached hydrogen (secondary N) is 1. The van der Waals surface area contributed by atoms with Crippen LogP contribution in [0.4, 0.5) is 11.4 Å².